The van der Waals surface area contributed by atoms with Gasteiger partial charge < -0.3 is 15.2 Å². The van der Waals surface area contributed by atoms with Gasteiger partial charge in [0.15, 0.2) is 0 Å². The van der Waals surface area contributed by atoms with E-state index in [1.54, 1.807) is 7.11 Å². The molecule has 2 N–H and O–H groups in total. The highest BCUT2D eigenvalue weighted by atomic mass is 16.5. The number of rotatable bonds is 9. The third-order valence-corrected chi connectivity index (χ3v) is 3.42. The van der Waals surface area contributed by atoms with E-state index in [0.717, 1.165) is 43.8 Å². The Bertz CT molecular complexity index is 337. The summed E-state index contributed by atoms with van der Waals surface area (Å²) < 4.78 is 10.7. The van der Waals surface area contributed by atoms with Gasteiger partial charge in [0, 0.05) is 19.8 Å². The first-order valence-electron chi connectivity index (χ1n) is 7.16. The van der Waals surface area contributed by atoms with Crippen molar-refractivity contribution in [1.29, 1.82) is 0 Å². The van der Waals surface area contributed by atoms with Crippen molar-refractivity contribution in [3.63, 3.8) is 0 Å². The predicted molar refractivity (Wildman–Crippen MR) is 79.4 cm³/mol. The van der Waals surface area contributed by atoms with Crippen LogP contribution in [0.1, 0.15) is 44.7 Å². The van der Waals surface area contributed by atoms with Gasteiger partial charge in [0.1, 0.15) is 5.75 Å². The van der Waals surface area contributed by atoms with Crippen LogP contribution >= 0.6 is 0 Å². The molecule has 1 aromatic carbocycles. The maximum Gasteiger partial charge on any atom is 0.119 e. The van der Waals surface area contributed by atoms with Crippen LogP contribution in [0.25, 0.3) is 0 Å². The number of hydrogen-bond acceptors (Lipinski definition) is 3. The standard InChI is InChI=1S/C16H27NO2/c1-4-5-11-19-15-8-6-14(7-9-15)16(17)13(2)10-12-18-3/h6-9,13,16H,4-5,10-12,17H2,1-3H3. The third-order valence-electron chi connectivity index (χ3n) is 3.42. The Morgan fingerprint density at radius 2 is 1.84 bits per heavy atom. The molecule has 0 spiro atoms. The lowest BCUT2D eigenvalue weighted by Gasteiger charge is -2.20. The normalized spacial score (nSPS) is 14.1. The number of ether oxygens (including phenoxy) is 2. The van der Waals surface area contributed by atoms with E-state index in [1.807, 2.05) is 12.1 Å². The molecule has 3 nitrogen and oxygen atoms in total. The molecule has 0 aliphatic rings. The Labute approximate surface area is 117 Å². The van der Waals surface area contributed by atoms with Crippen LogP contribution in [-0.2, 0) is 4.74 Å². The maximum atomic E-state index is 6.25. The van der Waals surface area contributed by atoms with Crippen molar-refractivity contribution in [2.45, 2.75) is 39.2 Å². The van der Waals surface area contributed by atoms with Crippen molar-refractivity contribution in [2.75, 3.05) is 20.3 Å². The molecule has 2 atom stereocenters. The summed E-state index contributed by atoms with van der Waals surface area (Å²) in [6.07, 6.45) is 3.22. The summed E-state index contributed by atoms with van der Waals surface area (Å²) in [6.45, 7) is 5.86. The Balaban J connectivity index is 2.50. The van der Waals surface area contributed by atoms with Gasteiger partial charge >= 0.3 is 0 Å². The van der Waals surface area contributed by atoms with Crippen LogP contribution in [0.15, 0.2) is 24.3 Å². The summed E-state index contributed by atoms with van der Waals surface area (Å²) >= 11 is 0. The molecule has 0 bridgehead atoms. The molecule has 0 saturated carbocycles. The van der Waals surface area contributed by atoms with Crippen LogP contribution in [0.4, 0.5) is 0 Å². The first-order valence-corrected chi connectivity index (χ1v) is 7.16. The van der Waals surface area contributed by atoms with Crippen molar-refractivity contribution in [3.05, 3.63) is 29.8 Å². The van der Waals surface area contributed by atoms with E-state index in [0.29, 0.717) is 5.92 Å². The summed E-state index contributed by atoms with van der Waals surface area (Å²) in [4.78, 5) is 0. The summed E-state index contributed by atoms with van der Waals surface area (Å²) in [5, 5.41) is 0. The fourth-order valence-corrected chi connectivity index (χ4v) is 1.93. The molecule has 19 heavy (non-hydrogen) atoms. The van der Waals surface area contributed by atoms with Gasteiger partial charge in [-0.3, -0.25) is 0 Å². The minimum Gasteiger partial charge on any atom is -0.494 e. The highest BCUT2D eigenvalue weighted by molar-refractivity contribution is 5.29. The van der Waals surface area contributed by atoms with Crippen LogP contribution in [0.3, 0.4) is 0 Å². The van der Waals surface area contributed by atoms with Crippen LogP contribution in [-0.4, -0.2) is 20.3 Å². The summed E-state index contributed by atoms with van der Waals surface area (Å²) in [5.41, 5.74) is 7.41. The molecule has 3 heteroatoms. The zero-order valence-electron chi connectivity index (χ0n) is 12.4. The van der Waals surface area contributed by atoms with E-state index in [9.17, 15) is 0 Å². The Morgan fingerprint density at radius 1 is 1.16 bits per heavy atom. The summed E-state index contributed by atoms with van der Waals surface area (Å²) in [6, 6.07) is 8.20. The van der Waals surface area contributed by atoms with Gasteiger partial charge in [-0.25, -0.2) is 0 Å². The zero-order chi connectivity index (χ0) is 14.1. The van der Waals surface area contributed by atoms with E-state index < -0.39 is 0 Å². The quantitative estimate of drug-likeness (QED) is 0.695. The van der Waals surface area contributed by atoms with Gasteiger partial charge in [0.05, 0.1) is 6.61 Å². The lowest BCUT2D eigenvalue weighted by Crippen LogP contribution is -2.20. The molecule has 0 radical (unpaired) electrons. The molecule has 0 aliphatic heterocycles. The van der Waals surface area contributed by atoms with Crippen molar-refractivity contribution in [3.8, 4) is 5.75 Å². The highest BCUT2D eigenvalue weighted by Gasteiger charge is 2.14. The number of hydrogen-bond donors (Lipinski definition) is 1. The molecular formula is C16H27NO2. The number of unbranched alkanes of at least 4 members (excludes halogenated alkanes) is 1. The van der Waals surface area contributed by atoms with Crippen molar-refractivity contribution < 1.29 is 9.47 Å². The van der Waals surface area contributed by atoms with Gasteiger partial charge in [-0.15, -0.1) is 0 Å². The fraction of sp³-hybridized carbons (Fsp3) is 0.625. The second kappa shape index (κ2) is 8.94. The largest absolute Gasteiger partial charge is 0.494 e. The van der Waals surface area contributed by atoms with E-state index in [1.165, 1.54) is 0 Å². The van der Waals surface area contributed by atoms with E-state index in [4.69, 9.17) is 15.2 Å². The van der Waals surface area contributed by atoms with Crippen LogP contribution in [0, 0.1) is 5.92 Å². The SMILES string of the molecule is CCCCOc1ccc(C(N)C(C)CCOC)cc1. The minimum atomic E-state index is 0.0554. The zero-order valence-corrected chi connectivity index (χ0v) is 12.4. The summed E-state index contributed by atoms with van der Waals surface area (Å²) in [7, 11) is 1.72. The summed E-state index contributed by atoms with van der Waals surface area (Å²) in [5.74, 6) is 1.33. The fourth-order valence-electron chi connectivity index (χ4n) is 1.93. The molecular weight excluding hydrogens is 238 g/mol. The predicted octanol–water partition coefficient (Wildman–Crippen LogP) is 3.54. The molecule has 0 saturated heterocycles. The molecule has 108 valence electrons. The van der Waals surface area contributed by atoms with Crippen molar-refractivity contribution in [1.82, 2.24) is 0 Å². The highest BCUT2D eigenvalue weighted by Crippen LogP contribution is 2.24. The average molecular weight is 265 g/mol. The third kappa shape index (κ3) is 5.62. The number of benzene rings is 1. The van der Waals surface area contributed by atoms with Crippen molar-refractivity contribution in [2.24, 2.45) is 11.7 Å². The lowest BCUT2D eigenvalue weighted by atomic mass is 9.93. The van der Waals surface area contributed by atoms with Gasteiger partial charge in [0.2, 0.25) is 0 Å². The average Bonchev–Trinajstić information content (AvgIpc) is 2.45. The molecule has 1 aromatic rings. The smallest absolute Gasteiger partial charge is 0.119 e. The van der Waals surface area contributed by atoms with E-state index in [-0.39, 0.29) is 6.04 Å². The molecule has 0 amide bonds. The topological polar surface area (TPSA) is 44.5 Å². The Morgan fingerprint density at radius 3 is 2.42 bits per heavy atom. The van der Waals surface area contributed by atoms with Gasteiger partial charge in [-0.1, -0.05) is 32.4 Å². The van der Waals surface area contributed by atoms with E-state index >= 15 is 0 Å². The molecule has 0 aliphatic carbocycles. The van der Waals surface area contributed by atoms with Crippen LogP contribution < -0.4 is 10.5 Å². The molecule has 1 rings (SSSR count). The second-order valence-electron chi connectivity index (χ2n) is 5.06. The molecule has 0 fully saturated rings. The minimum absolute atomic E-state index is 0.0554. The molecule has 0 heterocycles. The lowest BCUT2D eigenvalue weighted by molar-refractivity contribution is 0.174. The number of methoxy groups -OCH3 is 1. The van der Waals surface area contributed by atoms with Crippen LogP contribution in [0.2, 0.25) is 0 Å². The van der Waals surface area contributed by atoms with Gasteiger partial charge in [-0.2, -0.15) is 0 Å². The van der Waals surface area contributed by atoms with Gasteiger partial charge in [-0.05, 0) is 36.5 Å². The monoisotopic (exact) mass is 265 g/mol. The molecule has 0 aromatic heterocycles. The second-order valence-corrected chi connectivity index (χ2v) is 5.06. The van der Waals surface area contributed by atoms with Crippen LogP contribution in [0.5, 0.6) is 5.75 Å². The number of nitrogens with two attached hydrogens (primary N) is 1. The van der Waals surface area contributed by atoms with Crippen molar-refractivity contribution >= 4 is 0 Å². The Hall–Kier alpha value is -1.06. The molecule has 2 unspecified atom stereocenters. The first kappa shape index (κ1) is 16.0. The first-order chi connectivity index (χ1) is 9.19. The maximum absolute atomic E-state index is 6.25. The van der Waals surface area contributed by atoms with Gasteiger partial charge in [0.25, 0.3) is 0 Å². The van der Waals surface area contributed by atoms with E-state index in [2.05, 4.69) is 26.0 Å². The Kier molecular flexibility index (Phi) is 7.53.